The Kier molecular flexibility index (Phi) is 2.81. The third kappa shape index (κ3) is 1.68. The number of thioether (sulfide) groups is 1. The van der Waals surface area contributed by atoms with Gasteiger partial charge in [0.15, 0.2) is 0 Å². The Morgan fingerprint density at radius 2 is 2.14 bits per heavy atom. The maximum atomic E-state index is 10.4. The second-order valence-corrected chi connectivity index (χ2v) is 6.33. The van der Waals surface area contributed by atoms with Crippen molar-refractivity contribution in [3.8, 4) is 12.3 Å². The van der Waals surface area contributed by atoms with Crippen molar-refractivity contribution < 1.29 is 5.11 Å². The highest BCUT2D eigenvalue weighted by atomic mass is 32.2. The van der Waals surface area contributed by atoms with E-state index in [-0.39, 0.29) is 0 Å². The van der Waals surface area contributed by atoms with Crippen molar-refractivity contribution in [2.24, 2.45) is 5.92 Å². The van der Waals surface area contributed by atoms with Crippen molar-refractivity contribution >= 4 is 11.8 Å². The molecule has 1 nitrogen and oxygen atoms in total. The molecule has 2 rings (SSSR count). The van der Waals surface area contributed by atoms with Crippen LogP contribution in [0.2, 0.25) is 0 Å². The van der Waals surface area contributed by atoms with Crippen molar-refractivity contribution in [1.82, 2.24) is 0 Å². The molecule has 1 heterocycles. The van der Waals surface area contributed by atoms with Crippen LogP contribution in [-0.2, 0) is 0 Å². The van der Waals surface area contributed by atoms with Crippen LogP contribution in [-0.4, -0.2) is 21.2 Å². The number of fused-ring (bicyclic) bond motifs is 1. The summed E-state index contributed by atoms with van der Waals surface area (Å²) in [4.78, 5) is 0. The summed E-state index contributed by atoms with van der Waals surface area (Å²) in [7, 11) is 0. The first-order valence-electron chi connectivity index (χ1n) is 5.51. The summed E-state index contributed by atoms with van der Waals surface area (Å²) in [6.45, 7) is 2.18. The van der Waals surface area contributed by atoms with Gasteiger partial charge in [0.05, 0.1) is 0 Å². The fourth-order valence-corrected chi connectivity index (χ4v) is 4.71. The van der Waals surface area contributed by atoms with Crippen LogP contribution in [0.5, 0.6) is 0 Å². The van der Waals surface area contributed by atoms with Gasteiger partial charge in [-0.15, -0.1) is 6.42 Å². The molecule has 2 fully saturated rings. The summed E-state index contributed by atoms with van der Waals surface area (Å²) in [5.41, 5.74) is -0.810. The van der Waals surface area contributed by atoms with E-state index in [9.17, 15) is 5.11 Å². The van der Waals surface area contributed by atoms with E-state index in [1.165, 1.54) is 19.3 Å². The van der Waals surface area contributed by atoms with E-state index in [0.717, 1.165) is 12.8 Å². The third-order valence-electron chi connectivity index (χ3n) is 3.57. The van der Waals surface area contributed by atoms with Crippen LogP contribution in [0, 0.1) is 18.3 Å². The van der Waals surface area contributed by atoms with Gasteiger partial charge in [0.2, 0.25) is 0 Å². The van der Waals surface area contributed by atoms with E-state index >= 15 is 0 Å². The number of hydrogen-bond donors (Lipinski definition) is 1. The van der Waals surface area contributed by atoms with E-state index in [1.54, 1.807) is 0 Å². The lowest BCUT2D eigenvalue weighted by molar-refractivity contribution is 0.0108. The molecule has 2 aliphatic rings. The van der Waals surface area contributed by atoms with E-state index < -0.39 is 5.60 Å². The first kappa shape index (κ1) is 10.4. The Labute approximate surface area is 90.7 Å². The molecule has 0 spiro atoms. The fraction of sp³-hybridized carbons (Fsp3) is 0.833. The number of rotatable bonds is 0. The molecule has 0 aromatic heterocycles. The van der Waals surface area contributed by atoms with Gasteiger partial charge in [-0.25, -0.2) is 0 Å². The number of hydrogen-bond acceptors (Lipinski definition) is 2. The van der Waals surface area contributed by atoms with Crippen LogP contribution in [0.15, 0.2) is 0 Å². The Hall–Kier alpha value is -0.130. The fourth-order valence-electron chi connectivity index (χ4n) is 2.91. The van der Waals surface area contributed by atoms with Gasteiger partial charge in [-0.2, -0.15) is 11.8 Å². The number of aliphatic hydroxyl groups is 1. The molecular weight excluding hydrogens is 192 g/mol. The van der Waals surface area contributed by atoms with Crippen molar-refractivity contribution in [3.63, 3.8) is 0 Å². The average molecular weight is 210 g/mol. The average Bonchev–Trinajstić information content (AvgIpc) is 2.17. The van der Waals surface area contributed by atoms with Crippen LogP contribution < -0.4 is 0 Å². The van der Waals surface area contributed by atoms with E-state index in [1.807, 2.05) is 11.8 Å². The Morgan fingerprint density at radius 3 is 2.86 bits per heavy atom. The van der Waals surface area contributed by atoms with Crippen molar-refractivity contribution in [2.75, 3.05) is 0 Å². The van der Waals surface area contributed by atoms with Crippen LogP contribution >= 0.6 is 11.8 Å². The molecule has 1 aliphatic heterocycles. The molecule has 14 heavy (non-hydrogen) atoms. The zero-order valence-corrected chi connectivity index (χ0v) is 9.52. The molecular formula is C12H18OS. The van der Waals surface area contributed by atoms with Crippen LogP contribution in [0.1, 0.15) is 39.0 Å². The van der Waals surface area contributed by atoms with Gasteiger partial charge in [0.25, 0.3) is 0 Å². The molecule has 0 aromatic carbocycles. The lowest BCUT2D eigenvalue weighted by Gasteiger charge is -2.46. The normalized spacial score (nSPS) is 47.9. The predicted octanol–water partition coefficient (Wildman–Crippen LogP) is 2.43. The summed E-state index contributed by atoms with van der Waals surface area (Å²) in [5, 5.41) is 11.5. The molecule has 0 bridgehead atoms. The molecule has 1 saturated heterocycles. The van der Waals surface area contributed by atoms with Gasteiger partial charge < -0.3 is 5.11 Å². The van der Waals surface area contributed by atoms with Gasteiger partial charge in [-0.1, -0.05) is 25.7 Å². The maximum absolute atomic E-state index is 10.4. The molecule has 0 amide bonds. The minimum absolute atomic E-state index is 0.349. The Morgan fingerprint density at radius 1 is 1.43 bits per heavy atom. The zero-order chi connectivity index (χ0) is 10.2. The summed E-state index contributed by atoms with van der Waals surface area (Å²) in [6.07, 6.45) is 11.2. The topological polar surface area (TPSA) is 20.2 Å². The smallest absolute Gasteiger partial charge is 0.130 e. The minimum Gasteiger partial charge on any atom is -0.377 e. The lowest BCUT2D eigenvalue weighted by atomic mass is 9.74. The molecule has 1 N–H and O–H groups in total. The van der Waals surface area contributed by atoms with Crippen LogP contribution in [0.3, 0.4) is 0 Å². The minimum atomic E-state index is -0.810. The Bertz CT molecular complexity index is 258. The van der Waals surface area contributed by atoms with E-state index in [0.29, 0.717) is 16.4 Å². The summed E-state index contributed by atoms with van der Waals surface area (Å²) >= 11 is 2.03. The highest BCUT2D eigenvalue weighted by molar-refractivity contribution is 8.00. The standard InChI is InChI=1S/C12H18OS/c1-3-12(13)8-9(2)14-11-7-5-4-6-10(11)12/h1,9-11,13H,4-8H2,2H3/t9-,10-,11-,12+/m0/s1. The predicted molar refractivity (Wildman–Crippen MR) is 61.2 cm³/mol. The van der Waals surface area contributed by atoms with E-state index in [4.69, 9.17) is 6.42 Å². The van der Waals surface area contributed by atoms with Crippen molar-refractivity contribution in [2.45, 2.75) is 55.1 Å². The second-order valence-electron chi connectivity index (χ2n) is 4.65. The quantitative estimate of drug-likeness (QED) is 0.620. The third-order valence-corrected chi connectivity index (χ3v) is 5.12. The van der Waals surface area contributed by atoms with E-state index in [2.05, 4.69) is 12.8 Å². The molecule has 0 unspecified atom stereocenters. The largest absolute Gasteiger partial charge is 0.377 e. The Balaban J connectivity index is 2.20. The molecule has 4 atom stereocenters. The summed E-state index contributed by atoms with van der Waals surface area (Å²) in [5.74, 6) is 3.00. The van der Waals surface area contributed by atoms with Gasteiger partial charge >= 0.3 is 0 Å². The monoisotopic (exact) mass is 210 g/mol. The lowest BCUT2D eigenvalue weighted by Crippen LogP contribution is -2.49. The van der Waals surface area contributed by atoms with Crippen LogP contribution in [0.4, 0.5) is 0 Å². The first-order chi connectivity index (χ1) is 6.65. The molecule has 1 saturated carbocycles. The SMILES string of the molecule is C#C[C@@]1(O)C[C@H](C)S[C@H]2CCCC[C@@H]21. The van der Waals surface area contributed by atoms with Crippen molar-refractivity contribution in [1.29, 1.82) is 0 Å². The van der Waals surface area contributed by atoms with Crippen molar-refractivity contribution in [3.05, 3.63) is 0 Å². The highest BCUT2D eigenvalue weighted by Crippen LogP contribution is 2.48. The van der Waals surface area contributed by atoms with Crippen LogP contribution in [0.25, 0.3) is 0 Å². The van der Waals surface area contributed by atoms with Gasteiger partial charge in [-0.05, 0) is 19.3 Å². The molecule has 0 aromatic rings. The molecule has 78 valence electrons. The zero-order valence-electron chi connectivity index (χ0n) is 8.70. The summed E-state index contributed by atoms with van der Waals surface area (Å²) < 4.78 is 0. The molecule has 0 radical (unpaired) electrons. The van der Waals surface area contributed by atoms with Gasteiger partial charge in [0, 0.05) is 16.4 Å². The van der Waals surface area contributed by atoms with Gasteiger partial charge in [0.1, 0.15) is 5.60 Å². The number of terminal acetylenes is 1. The first-order valence-corrected chi connectivity index (χ1v) is 6.45. The summed E-state index contributed by atoms with van der Waals surface area (Å²) in [6, 6.07) is 0. The molecule has 2 heteroatoms. The highest BCUT2D eigenvalue weighted by Gasteiger charge is 2.46. The van der Waals surface area contributed by atoms with Gasteiger partial charge in [-0.3, -0.25) is 0 Å². The second kappa shape index (κ2) is 3.79. The molecule has 1 aliphatic carbocycles. The maximum Gasteiger partial charge on any atom is 0.130 e.